The molecule has 11 heteroatoms. The molecule has 9 nitrogen and oxygen atoms in total. The van der Waals surface area contributed by atoms with Gasteiger partial charge in [0.1, 0.15) is 12.4 Å². The second kappa shape index (κ2) is 11.0. The second-order valence-electron chi connectivity index (χ2n) is 8.49. The fourth-order valence-corrected chi connectivity index (χ4v) is 6.03. The fraction of sp³-hybridized carbons (Fsp3) is 0.111. The monoisotopic (exact) mass is 550 g/mol. The van der Waals surface area contributed by atoms with Crippen LogP contribution in [-0.4, -0.2) is 34.3 Å². The highest BCUT2D eigenvalue weighted by Crippen LogP contribution is 2.26. The molecule has 0 saturated heterocycles. The van der Waals surface area contributed by atoms with Crippen molar-refractivity contribution in [3.8, 4) is 0 Å². The number of rotatable bonds is 9. The Morgan fingerprint density at radius 2 is 1.47 bits per heavy atom. The van der Waals surface area contributed by atoms with Crippen LogP contribution in [0.4, 0.5) is 17.2 Å². The molecule has 0 fully saturated rings. The number of pyridine rings is 1. The minimum atomic E-state index is -4.05. The van der Waals surface area contributed by atoms with E-state index in [1.807, 2.05) is 13.8 Å². The van der Waals surface area contributed by atoms with Crippen molar-refractivity contribution in [1.82, 2.24) is 4.98 Å². The first kappa shape index (κ1) is 26.8. The minimum Gasteiger partial charge on any atom is -0.325 e. The predicted octanol–water partition coefficient (Wildman–Crippen LogP) is 4.33. The number of hydrogen-bond acceptors (Lipinski definition) is 6. The zero-order valence-corrected chi connectivity index (χ0v) is 22.3. The van der Waals surface area contributed by atoms with Gasteiger partial charge in [-0.15, -0.1) is 0 Å². The van der Waals surface area contributed by atoms with Gasteiger partial charge in [-0.1, -0.05) is 30.3 Å². The molecule has 1 amide bonds. The van der Waals surface area contributed by atoms with Gasteiger partial charge < -0.3 is 5.32 Å². The van der Waals surface area contributed by atoms with Crippen LogP contribution in [-0.2, 0) is 24.8 Å². The molecule has 0 unspecified atom stereocenters. The van der Waals surface area contributed by atoms with E-state index in [-0.39, 0.29) is 15.6 Å². The van der Waals surface area contributed by atoms with Gasteiger partial charge in [0, 0.05) is 11.9 Å². The molecule has 0 aliphatic rings. The number of amides is 1. The molecule has 38 heavy (non-hydrogen) atoms. The first-order valence-electron chi connectivity index (χ1n) is 11.5. The van der Waals surface area contributed by atoms with Crippen molar-refractivity contribution >= 4 is 43.1 Å². The molecule has 0 spiro atoms. The number of benzene rings is 3. The topological polar surface area (TPSA) is 126 Å². The molecule has 0 radical (unpaired) electrons. The lowest BCUT2D eigenvalue weighted by Gasteiger charge is -2.25. The Morgan fingerprint density at radius 3 is 2.11 bits per heavy atom. The lowest BCUT2D eigenvalue weighted by atomic mass is 10.1. The van der Waals surface area contributed by atoms with Crippen molar-refractivity contribution in [3.63, 3.8) is 0 Å². The van der Waals surface area contributed by atoms with Gasteiger partial charge in [-0.2, -0.15) is 0 Å². The van der Waals surface area contributed by atoms with E-state index in [4.69, 9.17) is 0 Å². The summed E-state index contributed by atoms with van der Waals surface area (Å²) >= 11 is 0. The summed E-state index contributed by atoms with van der Waals surface area (Å²) in [5.41, 5.74) is 2.54. The normalized spacial score (nSPS) is 11.5. The molecule has 0 atom stereocenters. The smallest absolute Gasteiger partial charge is 0.264 e. The average molecular weight is 551 g/mol. The standard InChI is InChI=1S/C27H26N4O5S2/c1-20-11-14-23(18-21(20)2)31(38(35,36)25-8-4-3-5-9-25)19-27(32)29-22-12-15-24(16-13-22)37(33,34)30-26-10-6-7-17-28-26/h3-18H,19H2,1-2H3,(H,28,30)(H,29,32). The van der Waals surface area contributed by atoms with Crippen molar-refractivity contribution in [1.29, 1.82) is 0 Å². The zero-order chi connectivity index (χ0) is 27.3. The van der Waals surface area contributed by atoms with E-state index in [1.54, 1.807) is 48.5 Å². The molecule has 4 rings (SSSR count). The average Bonchev–Trinajstić information content (AvgIpc) is 2.90. The number of nitrogens with zero attached hydrogens (tertiary/aromatic N) is 2. The number of sulfonamides is 2. The van der Waals surface area contributed by atoms with E-state index in [1.165, 1.54) is 48.7 Å². The molecular formula is C27H26N4O5S2. The summed E-state index contributed by atoms with van der Waals surface area (Å²) in [5.74, 6) is -0.416. The Labute approximate surface area is 222 Å². The molecule has 0 saturated carbocycles. The summed E-state index contributed by atoms with van der Waals surface area (Å²) < 4.78 is 55.7. The van der Waals surface area contributed by atoms with Crippen molar-refractivity contribution in [2.24, 2.45) is 0 Å². The van der Waals surface area contributed by atoms with Gasteiger partial charge in [-0.05, 0) is 85.6 Å². The van der Waals surface area contributed by atoms with Crippen LogP contribution in [0, 0.1) is 13.8 Å². The number of aryl methyl sites for hydroxylation is 2. The van der Waals surface area contributed by atoms with Gasteiger partial charge in [0.05, 0.1) is 15.5 Å². The SMILES string of the molecule is Cc1ccc(N(CC(=O)Nc2ccc(S(=O)(=O)Nc3ccccn3)cc2)S(=O)(=O)c2ccccc2)cc1C. The number of hydrogen-bond donors (Lipinski definition) is 2. The van der Waals surface area contributed by atoms with Crippen LogP contribution in [0.25, 0.3) is 0 Å². The third kappa shape index (κ3) is 6.18. The second-order valence-corrected chi connectivity index (χ2v) is 12.0. The Hall–Kier alpha value is -4.22. The first-order valence-corrected chi connectivity index (χ1v) is 14.5. The van der Waals surface area contributed by atoms with E-state index >= 15 is 0 Å². The van der Waals surface area contributed by atoms with Crippen molar-refractivity contribution in [3.05, 3.63) is 108 Å². The van der Waals surface area contributed by atoms with Gasteiger partial charge >= 0.3 is 0 Å². The maximum absolute atomic E-state index is 13.5. The van der Waals surface area contributed by atoms with E-state index in [2.05, 4.69) is 15.0 Å². The lowest BCUT2D eigenvalue weighted by Crippen LogP contribution is -2.38. The minimum absolute atomic E-state index is 0.0236. The van der Waals surface area contributed by atoms with Crippen molar-refractivity contribution < 1.29 is 21.6 Å². The summed E-state index contributed by atoms with van der Waals surface area (Å²) in [7, 11) is -7.93. The Morgan fingerprint density at radius 1 is 0.789 bits per heavy atom. The summed E-state index contributed by atoms with van der Waals surface area (Å²) in [5, 5.41) is 2.65. The molecule has 3 aromatic carbocycles. The maximum Gasteiger partial charge on any atom is 0.264 e. The third-order valence-corrected chi connectivity index (χ3v) is 8.91. The lowest BCUT2D eigenvalue weighted by molar-refractivity contribution is -0.114. The highest BCUT2D eigenvalue weighted by atomic mass is 32.2. The van der Waals surface area contributed by atoms with E-state index in [9.17, 15) is 21.6 Å². The largest absolute Gasteiger partial charge is 0.325 e. The number of carbonyl (C=O) groups is 1. The Kier molecular flexibility index (Phi) is 7.79. The highest BCUT2D eigenvalue weighted by Gasteiger charge is 2.27. The van der Waals surface area contributed by atoms with E-state index in [0.29, 0.717) is 11.4 Å². The molecule has 0 bridgehead atoms. The molecule has 0 aliphatic carbocycles. The molecule has 196 valence electrons. The van der Waals surface area contributed by atoms with Crippen molar-refractivity contribution in [2.45, 2.75) is 23.6 Å². The molecule has 1 heterocycles. The van der Waals surface area contributed by atoms with Gasteiger partial charge in [-0.25, -0.2) is 21.8 Å². The zero-order valence-electron chi connectivity index (χ0n) is 20.7. The Bertz CT molecular complexity index is 1640. The summed E-state index contributed by atoms with van der Waals surface area (Å²) in [6, 6.07) is 23.4. The summed E-state index contributed by atoms with van der Waals surface area (Å²) in [6.07, 6.45) is 1.47. The van der Waals surface area contributed by atoms with Crippen LogP contribution in [0.2, 0.25) is 0 Å². The number of aromatic nitrogens is 1. The van der Waals surface area contributed by atoms with Gasteiger partial charge in [0.2, 0.25) is 5.91 Å². The van der Waals surface area contributed by atoms with Gasteiger partial charge in [0.15, 0.2) is 0 Å². The molecule has 2 N–H and O–H groups in total. The van der Waals surface area contributed by atoms with Crippen LogP contribution in [0.3, 0.4) is 0 Å². The molecular weight excluding hydrogens is 524 g/mol. The Balaban J connectivity index is 1.54. The number of anilines is 3. The van der Waals surface area contributed by atoms with Crippen molar-refractivity contribution in [2.75, 3.05) is 20.9 Å². The van der Waals surface area contributed by atoms with Gasteiger partial charge in [0.25, 0.3) is 20.0 Å². The summed E-state index contributed by atoms with van der Waals surface area (Å²) in [6.45, 7) is 3.29. The highest BCUT2D eigenvalue weighted by molar-refractivity contribution is 7.93. The number of carbonyl (C=O) groups excluding carboxylic acids is 1. The van der Waals surface area contributed by atoms with E-state index < -0.39 is 32.5 Å². The molecule has 1 aromatic heterocycles. The number of nitrogens with one attached hydrogen (secondary N) is 2. The van der Waals surface area contributed by atoms with Crippen LogP contribution < -0.4 is 14.3 Å². The van der Waals surface area contributed by atoms with Crippen LogP contribution in [0.5, 0.6) is 0 Å². The molecule has 0 aliphatic heterocycles. The summed E-state index contributed by atoms with van der Waals surface area (Å²) in [4.78, 5) is 17.0. The first-order chi connectivity index (χ1) is 18.1. The van der Waals surface area contributed by atoms with Gasteiger partial charge in [-0.3, -0.25) is 13.8 Å². The van der Waals surface area contributed by atoms with Crippen LogP contribution >= 0.6 is 0 Å². The third-order valence-electron chi connectivity index (χ3n) is 5.75. The van der Waals surface area contributed by atoms with E-state index in [0.717, 1.165) is 15.4 Å². The van der Waals surface area contributed by atoms with Crippen LogP contribution in [0.1, 0.15) is 11.1 Å². The maximum atomic E-state index is 13.5. The predicted molar refractivity (Wildman–Crippen MR) is 147 cm³/mol. The van der Waals surface area contributed by atoms with Crippen LogP contribution in [0.15, 0.2) is 107 Å². The quantitative estimate of drug-likeness (QED) is 0.320. The fourth-order valence-electron chi connectivity index (χ4n) is 3.58. The molecule has 4 aromatic rings.